The first-order valence-electron chi connectivity index (χ1n) is 6.43. The second-order valence-electron chi connectivity index (χ2n) is 4.44. The molecule has 2 heterocycles. The first-order chi connectivity index (χ1) is 8.73. The van der Waals surface area contributed by atoms with E-state index in [1.807, 2.05) is 12.1 Å². The molecule has 2 rings (SSSR count). The molecule has 0 spiro atoms. The maximum absolute atomic E-state index is 4.38. The van der Waals surface area contributed by atoms with Gasteiger partial charge in [-0.2, -0.15) is 9.61 Å². The van der Waals surface area contributed by atoms with Gasteiger partial charge in [0.2, 0.25) is 0 Å². The molecule has 0 amide bonds. The average Bonchev–Trinajstić information content (AvgIpc) is 2.88. The van der Waals surface area contributed by atoms with Gasteiger partial charge in [-0.1, -0.05) is 26.7 Å². The van der Waals surface area contributed by atoms with E-state index >= 15 is 0 Å². The fraction of sp³-hybridized carbons (Fsp3) is 0.462. The van der Waals surface area contributed by atoms with Crippen LogP contribution >= 0.6 is 0 Å². The number of fused-ring (bicyclic) bond motifs is 1. The van der Waals surface area contributed by atoms with Crippen LogP contribution in [0.15, 0.2) is 18.5 Å². The lowest BCUT2D eigenvalue weighted by Crippen LogP contribution is -2.29. The standard InChI is InChI=1S/C13H18N4Si/c1-4-18(5-2,6-3)10-9-12-7-8-13-15-14-11-17(13)16-12/h7-8,11H,4-6H2,1-3H3. The molecule has 18 heavy (non-hydrogen) atoms. The van der Waals surface area contributed by atoms with E-state index in [0.717, 1.165) is 11.3 Å². The zero-order chi connectivity index (χ0) is 13.0. The summed E-state index contributed by atoms with van der Waals surface area (Å²) in [6.45, 7) is 6.76. The molecular formula is C13H18N4Si. The van der Waals surface area contributed by atoms with E-state index in [9.17, 15) is 0 Å². The third-order valence-electron chi connectivity index (χ3n) is 3.65. The Morgan fingerprint density at radius 3 is 2.56 bits per heavy atom. The van der Waals surface area contributed by atoms with E-state index in [1.165, 1.54) is 18.1 Å². The summed E-state index contributed by atoms with van der Waals surface area (Å²) < 4.78 is 1.66. The van der Waals surface area contributed by atoms with Gasteiger partial charge >= 0.3 is 0 Å². The molecule has 0 saturated carbocycles. The van der Waals surface area contributed by atoms with E-state index in [-0.39, 0.29) is 0 Å². The zero-order valence-corrected chi connectivity index (χ0v) is 12.1. The number of nitrogens with zero attached hydrogens (tertiary/aromatic N) is 4. The third kappa shape index (κ3) is 2.43. The lowest BCUT2D eigenvalue weighted by atomic mass is 10.4. The molecule has 0 atom stereocenters. The summed E-state index contributed by atoms with van der Waals surface area (Å²) in [5, 5.41) is 12.1. The van der Waals surface area contributed by atoms with Crippen LogP contribution in [0.5, 0.6) is 0 Å². The van der Waals surface area contributed by atoms with Gasteiger partial charge in [0.15, 0.2) is 5.65 Å². The van der Waals surface area contributed by atoms with Gasteiger partial charge in [0.25, 0.3) is 0 Å². The highest BCUT2D eigenvalue weighted by Gasteiger charge is 2.24. The van der Waals surface area contributed by atoms with Crippen molar-refractivity contribution in [2.24, 2.45) is 0 Å². The highest BCUT2D eigenvalue weighted by molar-refractivity contribution is 6.87. The van der Waals surface area contributed by atoms with Crippen LogP contribution in [-0.2, 0) is 0 Å². The summed E-state index contributed by atoms with van der Waals surface area (Å²) in [4.78, 5) is 0. The maximum Gasteiger partial charge on any atom is 0.177 e. The van der Waals surface area contributed by atoms with Crippen molar-refractivity contribution in [2.75, 3.05) is 0 Å². The molecule has 0 saturated heterocycles. The van der Waals surface area contributed by atoms with Crippen molar-refractivity contribution >= 4 is 13.7 Å². The fourth-order valence-electron chi connectivity index (χ4n) is 2.01. The van der Waals surface area contributed by atoms with Gasteiger partial charge in [0, 0.05) is 0 Å². The third-order valence-corrected chi connectivity index (χ3v) is 8.36. The smallest absolute Gasteiger partial charge is 0.177 e. The Labute approximate surface area is 108 Å². The molecule has 0 aliphatic rings. The van der Waals surface area contributed by atoms with Gasteiger partial charge in [-0.15, -0.1) is 15.7 Å². The van der Waals surface area contributed by atoms with Gasteiger partial charge in [0.1, 0.15) is 20.1 Å². The quantitative estimate of drug-likeness (QED) is 0.627. The van der Waals surface area contributed by atoms with Crippen molar-refractivity contribution in [3.8, 4) is 11.5 Å². The van der Waals surface area contributed by atoms with E-state index in [2.05, 4.69) is 47.5 Å². The minimum atomic E-state index is -1.39. The van der Waals surface area contributed by atoms with Crippen LogP contribution in [0.2, 0.25) is 18.1 Å². The van der Waals surface area contributed by atoms with Crippen LogP contribution in [0.4, 0.5) is 0 Å². The van der Waals surface area contributed by atoms with Crippen molar-refractivity contribution in [3.63, 3.8) is 0 Å². The first kappa shape index (κ1) is 12.8. The summed E-state index contributed by atoms with van der Waals surface area (Å²) in [6, 6.07) is 7.44. The Hall–Kier alpha value is -1.67. The van der Waals surface area contributed by atoms with Gasteiger partial charge in [-0.05, 0) is 30.3 Å². The Morgan fingerprint density at radius 2 is 1.89 bits per heavy atom. The van der Waals surface area contributed by atoms with Crippen molar-refractivity contribution in [3.05, 3.63) is 24.2 Å². The fourth-order valence-corrected chi connectivity index (χ4v) is 4.43. The van der Waals surface area contributed by atoms with Crippen LogP contribution < -0.4 is 0 Å². The lowest BCUT2D eigenvalue weighted by molar-refractivity contribution is 0.915. The molecule has 2 aromatic heterocycles. The number of hydrogen-bond acceptors (Lipinski definition) is 3. The molecule has 0 fully saturated rings. The van der Waals surface area contributed by atoms with Crippen LogP contribution in [0.1, 0.15) is 26.5 Å². The van der Waals surface area contributed by atoms with E-state index in [0.29, 0.717) is 0 Å². The van der Waals surface area contributed by atoms with Gasteiger partial charge in [0.05, 0.1) is 0 Å². The normalized spacial score (nSPS) is 11.3. The van der Waals surface area contributed by atoms with Crippen molar-refractivity contribution in [1.29, 1.82) is 0 Å². The summed E-state index contributed by atoms with van der Waals surface area (Å²) in [6.07, 6.45) is 1.60. The molecule has 5 heteroatoms. The number of aromatic nitrogens is 4. The zero-order valence-electron chi connectivity index (χ0n) is 11.1. The first-order valence-corrected chi connectivity index (χ1v) is 9.05. The van der Waals surface area contributed by atoms with Crippen molar-refractivity contribution < 1.29 is 0 Å². The molecule has 0 aromatic carbocycles. The van der Waals surface area contributed by atoms with Crippen LogP contribution in [0.3, 0.4) is 0 Å². The molecule has 0 bridgehead atoms. The molecule has 0 aliphatic heterocycles. The molecule has 4 nitrogen and oxygen atoms in total. The minimum Gasteiger partial charge on any atom is -0.199 e. The molecule has 2 aromatic rings. The topological polar surface area (TPSA) is 43.1 Å². The van der Waals surface area contributed by atoms with E-state index in [4.69, 9.17) is 0 Å². The van der Waals surface area contributed by atoms with E-state index < -0.39 is 8.07 Å². The highest BCUT2D eigenvalue weighted by Crippen LogP contribution is 2.18. The van der Waals surface area contributed by atoms with Crippen LogP contribution in [0, 0.1) is 11.5 Å². The maximum atomic E-state index is 4.38. The molecule has 0 unspecified atom stereocenters. The number of hydrogen-bond donors (Lipinski definition) is 0. The highest BCUT2D eigenvalue weighted by atomic mass is 28.3. The Morgan fingerprint density at radius 1 is 1.17 bits per heavy atom. The monoisotopic (exact) mass is 258 g/mol. The summed E-state index contributed by atoms with van der Waals surface area (Å²) in [5.41, 5.74) is 5.08. The molecule has 0 aliphatic carbocycles. The molecule has 0 N–H and O–H groups in total. The summed E-state index contributed by atoms with van der Waals surface area (Å²) >= 11 is 0. The lowest BCUT2D eigenvalue weighted by Gasteiger charge is -2.19. The van der Waals surface area contributed by atoms with Gasteiger partial charge < -0.3 is 0 Å². The molecule has 94 valence electrons. The summed E-state index contributed by atoms with van der Waals surface area (Å²) in [7, 11) is -1.39. The number of rotatable bonds is 3. The van der Waals surface area contributed by atoms with Crippen molar-refractivity contribution in [1.82, 2.24) is 19.8 Å². The minimum absolute atomic E-state index is 0.755. The molecular weight excluding hydrogens is 240 g/mol. The average molecular weight is 258 g/mol. The largest absolute Gasteiger partial charge is 0.199 e. The van der Waals surface area contributed by atoms with Gasteiger partial charge in [-0.3, -0.25) is 0 Å². The Bertz CT molecular complexity index is 581. The predicted molar refractivity (Wildman–Crippen MR) is 74.9 cm³/mol. The van der Waals surface area contributed by atoms with Crippen LogP contribution in [-0.4, -0.2) is 27.9 Å². The summed E-state index contributed by atoms with van der Waals surface area (Å²) in [5.74, 6) is 3.24. The van der Waals surface area contributed by atoms with Crippen molar-refractivity contribution in [2.45, 2.75) is 38.9 Å². The molecule has 0 radical (unpaired) electrons. The second kappa shape index (κ2) is 5.32. The predicted octanol–water partition coefficient (Wildman–Crippen LogP) is 2.52. The van der Waals surface area contributed by atoms with Crippen LogP contribution in [0.25, 0.3) is 5.65 Å². The van der Waals surface area contributed by atoms with E-state index in [1.54, 1.807) is 10.8 Å². The van der Waals surface area contributed by atoms with Gasteiger partial charge in [-0.25, -0.2) is 0 Å². The second-order valence-corrected chi connectivity index (χ2v) is 9.38. The Kier molecular flexibility index (Phi) is 3.77. The SMILES string of the molecule is CC[Si](C#Cc1ccc2nncn2n1)(CC)CC. The Balaban J connectivity index is 2.33.